The number of halogens is 8. The van der Waals surface area contributed by atoms with Gasteiger partial charge in [0.05, 0.1) is 31.3 Å². The third-order valence-corrected chi connectivity index (χ3v) is 4.63. The van der Waals surface area contributed by atoms with Crippen molar-refractivity contribution in [1.29, 1.82) is 5.26 Å². The van der Waals surface area contributed by atoms with Crippen molar-refractivity contribution in [2.75, 3.05) is 6.61 Å². The molecule has 180 valence electrons. The molecule has 0 radical (unpaired) electrons. The van der Waals surface area contributed by atoms with Gasteiger partial charge >= 0.3 is 24.0 Å². The zero-order valence-electron chi connectivity index (χ0n) is 16.8. The van der Waals surface area contributed by atoms with Crippen LogP contribution in [0, 0.1) is 23.2 Å². The Kier molecular flexibility index (Phi) is 10.4. The first-order valence-corrected chi connectivity index (χ1v) is 8.94. The smallest absolute Gasteiger partial charge is 0.458 e. The molecular weight excluding hydrogens is 446 g/mol. The molecule has 6 unspecified atom stereocenters. The molecule has 1 N–H and O–H groups in total. The fraction of sp³-hybridized carbons (Fsp3) is 0.778. The van der Waals surface area contributed by atoms with Crippen LogP contribution in [0.3, 0.4) is 0 Å². The lowest BCUT2D eigenvalue weighted by Crippen LogP contribution is -2.57. The Bertz CT molecular complexity index is 649. The summed E-state index contributed by atoms with van der Waals surface area (Å²) in [4.78, 5) is 11.4. The van der Waals surface area contributed by atoms with E-state index in [0.717, 1.165) is 13.8 Å². The minimum atomic E-state index is -6.73. The lowest BCUT2D eigenvalue weighted by molar-refractivity contribution is -0.349. The fourth-order valence-electron chi connectivity index (χ4n) is 2.32. The average Bonchev–Trinajstić information content (AvgIpc) is 2.67. The standard InChI is InChI=1S/C18H23F8NO4/c1-5-9(2)13(28)12(19)14(30-8-6-7-27)10(3)11(4)31-15(29)16(20,21)17(22,23)18(24,25)26/h5,9-14,28H,1,6,8H2,2-4H3. The van der Waals surface area contributed by atoms with Crippen LogP contribution in [0.25, 0.3) is 0 Å². The van der Waals surface area contributed by atoms with Crippen LogP contribution < -0.4 is 0 Å². The molecule has 0 fully saturated rings. The van der Waals surface area contributed by atoms with E-state index in [2.05, 4.69) is 11.3 Å². The predicted octanol–water partition coefficient (Wildman–Crippen LogP) is 4.21. The van der Waals surface area contributed by atoms with Crippen molar-refractivity contribution in [2.24, 2.45) is 11.8 Å². The minimum Gasteiger partial charge on any atom is -0.458 e. The van der Waals surface area contributed by atoms with Crippen LogP contribution >= 0.6 is 0 Å². The van der Waals surface area contributed by atoms with Gasteiger partial charge in [0.15, 0.2) is 6.17 Å². The molecule has 0 saturated carbocycles. The van der Waals surface area contributed by atoms with Crippen molar-refractivity contribution in [3.63, 3.8) is 0 Å². The van der Waals surface area contributed by atoms with Crippen molar-refractivity contribution in [3.8, 4) is 6.07 Å². The van der Waals surface area contributed by atoms with E-state index in [1.165, 1.54) is 13.0 Å². The summed E-state index contributed by atoms with van der Waals surface area (Å²) in [6.45, 7) is 6.28. The molecule has 0 amide bonds. The first kappa shape index (κ1) is 29.1. The number of carbonyl (C=O) groups is 1. The van der Waals surface area contributed by atoms with E-state index in [0.29, 0.717) is 0 Å². The van der Waals surface area contributed by atoms with E-state index in [1.807, 2.05) is 0 Å². The summed E-state index contributed by atoms with van der Waals surface area (Å²) in [6, 6.07) is 1.68. The van der Waals surface area contributed by atoms with Crippen molar-refractivity contribution < 1.29 is 54.5 Å². The molecule has 0 aromatic carbocycles. The highest BCUT2D eigenvalue weighted by atomic mass is 19.4. The summed E-state index contributed by atoms with van der Waals surface area (Å²) >= 11 is 0. The van der Waals surface area contributed by atoms with Crippen LogP contribution in [-0.2, 0) is 14.3 Å². The van der Waals surface area contributed by atoms with Gasteiger partial charge in [0.25, 0.3) is 0 Å². The van der Waals surface area contributed by atoms with Crippen molar-refractivity contribution in [2.45, 2.75) is 69.7 Å². The van der Waals surface area contributed by atoms with Crippen LogP contribution in [-0.4, -0.2) is 60.2 Å². The van der Waals surface area contributed by atoms with E-state index in [-0.39, 0.29) is 13.0 Å². The Morgan fingerprint density at radius 2 is 1.68 bits per heavy atom. The Morgan fingerprint density at radius 3 is 2.10 bits per heavy atom. The number of aliphatic hydroxyl groups is 1. The molecule has 0 saturated heterocycles. The highest BCUT2D eigenvalue weighted by Gasteiger charge is 2.77. The van der Waals surface area contributed by atoms with E-state index >= 15 is 0 Å². The van der Waals surface area contributed by atoms with Gasteiger partial charge in [0.2, 0.25) is 0 Å². The first-order chi connectivity index (χ1) is 14.0. The minimum absolute atomic E-state index is 0.243. The predicted molar refractivity (Wildman–Crippen MR) is 90.9 cm³/mol. The van der Waals surface area contributed by atoms with Crippen LogP contribution in [0.4, 0.5) is 35.1 Å². The number of ether oxygens (including phenoxy) is 2. The second-order valence-electron chi connectivity index (χ2n) is 6.89. The molecule has 0 aliphatic carbocycles. The highest BCUT2D eigenvalue weighted by Crippen LogP contribution is 2.47. The van der Waals surface area contributed by atoms with Gasteiger partial charge in [-0.2, -0.15) is 36.0 Å². The number of rotatable bonds is 12. The molecule has 13 heteroatoms. The molecule has 0 aliphatic heterocycles. The van der Waals surface area contributed by atoms with Gasteiger partial charge in [-0.15, -0.1) is 6.58 Å². The quantitative estimate of drug-likeness (QED) is 0.201. The normalized spacial score (nSPS) is 18.8. The lowest BCUT2D eigenvalue weighted by Gasteiger charge is -2.34. The Balaban J connectivity index is 5.61. The van der Waals surface area contributed by atoms with Crippen molar-refractivity contribution in [1.82, 2.24) is 0 Å². The Hall–Kier alpha value is -1.94. The molecule has 0 aromatic rings. The molecule has 0 aromatic heterocycles. The van der Waals surface area contributed by atoms with Crippen LogP contribution in [0.2, 0.25) is 0 Å². The maximum absolute atomic E-state index is 14.8. The van der Waals surface area contributed by atoms with Crippen LogP contribution in [0.5, 0.6) is 0 Å². The monoisotopic (exact) mass is 469 g/mol. The second kappa shape index (κ2) is 11.1. The summed E-state index contributed by atoms with van der Waals surface area (Å²) in [6.07, 6.45) is -13.3. The van der Waals surface area contributed by atoms with Gasteiger partial charge in [-0.25, -0.2) is 9.18 Å². The highest BCUT2D eigenvalue weighted by molar-refractivity contribution is 5.79. The Morgan fingerprint density at radius 1 is 1.16 bits per heavy atom. The molecule has 0 rings (SSSR count). The van der Waals surface area contributed by atoms with Crippen LogP contribution in [0.15, 0.2) is 12.7 Å². The molecule has 6 atom stereocenters. The molecule has 0 heterocycles. The van der Waals surface area contributed by atoms with Gasteiger partial charge < -0.3 is 14.6 Å². The maximum atomic E-state index is 14.8. The summed E-state index contributed by atoms with van der Waals surface area (Å²) in [5.74, 6) is -18.3. The third-order valence-electron chi connectivity index (χ3n) is 4.63. The van der Waals surface area contributed by atoms with Crippen LogP contribution in [0.1, 0.15) is 27.2 Å². The van der Waals surface area contributed by atoms with E-state index < -0.39 is 60.3 Å². The third kappa shape index (κ3) is 6.77. The second-order valence-corrected chi connectivity index (χ2v) is 6.89. The number of aliphatic hydroxyl groups excluding tert-OH is 1. The summed E-state index contributed by atoms with van der Waals surface area (Å²) in [5, 5.41) is 18.6. The molecular formula is C18H23F8NO4. The fourth-order valence-corrected chi connectivity index (χ4v) is 2.32. The molecule has 0 bridgehead atoms. The summed E-state index contributed by atoms with van der Waals surface area (Å²) in [7, 11) is 0. The SMILES string of the molecule is C=CC(C)C(O)C(F)C(OCCC#N)C(C)C(C)OC(=O)C(F)(F)C(F)(F)C(F)(F)F. The lowest BCUT2D eigenvalue weighted by atomic mass is 9.89. The van der Waals surface area contributed by atoms with Crippen molar-refractivity contribution >= 4 is 5.97 Å². The zero-order valence-corrected chi connectivity index (χ0v) is 16.8. The number of nitrogens with zero attached hydrogens (tertiary/aromatic N) is 1. The summed E-state index contributed by atoms with van der Waals surface area (Å²) < 4.78 is 114. The number of hydrogen-bond donors (Lipinski definition) is 1. The summed E-state index contributed by atoms with van der Waals surface area (Å²) in [5.41, 5.74) is 0. The van der Waals surface area contributed by atoms with Gasteiger partial charge in [0, 0.05) is 11.8 Å². The largest absolute Gasteiger partial charge is 0.460 e. The topological polar surface area (TPSA) is 79.6 Å². The maximum Gasteiger partial charge on any atom is 0.460 e. The molecule has 5 nitrogen and oxygen atoms in total. The van der Waals surface area contributed by atoms with E-state index in [4.69, 9.17) is 10.00 Å². The number of hydrogen-bond acceptors (Lipinski definition) is 5. The Labute approximate surface area is 173 Å². The average molecular weight is 469 g/mol. The van der Waals surface area contributed by atoms with Gasteiger partial charge in [0.1, 0.15) is 6.10 Å². The molecule has 0 spiro atoms. The van der Waals surface area contributed by atoms with E-state index in [9.17, 15) is 45.0 Å². The van der Waals surface area contributed by atoms with Gasteiger partial charge in [-0.1, -0.05) is 19.9 Å². The number of carbonyl (C=O) groups excluding carboxylic acids is 1. The van der Waals surface area contributed by atoms with Gasteiger partial charge in [-0.05, 0) is 6.92 Å². The molecule has 0 aliphatic rings. The van der Waals surface area contributed by atoms with Gasteiger partial charge in [-0.3, -0.25) is 0 Å². The molecule has 31 heavy (non-hydrogen) atoms. The van der Waals surface area contributed by atoms with E-state index in [1.54, 1.807) is 6.07 Å². The number of esters is 1. The first-order valence-electron chi connectivity index (χ1n) is 8.94. The number of alkyl halides is 8. The zero-order chi connectivity index (χ0) is 24.8. The van der Waals surface area contributed by atoms with Crippen molar-refractivity contribution in [3.05, 3.63) is 12.7 Å². The number of nitriles is 1.